The highest BCUT2D eigenvalue weighted by molar-refractivity contribution is 5.36. The van der Waals surface area contributed by atoms with Crippen LogP contribution in [0.4, 0.5) is 0 Å². The Kier molecular flexibility index (Phi) is 4.07. The number of hydrogen-bond acceptors (Lipinski definition) is 2. The minimum atomic E-state index is 0.388. The summed E-state index contributed by atoms with van der Waals surface area (Å²) in [6, 6.07) is 6.33. The van der Waals surface area contributed by atoms with Crippen LogP contribution in [0.25, 0.3) is 0 Å². The van der Waals surface area contributed by atoms with Crippen LogP contribution in [-0.4, -0.2) is 29.1 Å². The summed E-state index contributed by atoms with van der Waals surface area (Å²) in [5.41, 5.74) is 4.07. The van der Waals surface area contributed by atoms with E-state index in [0.29, 0.717) is 11.8 Å². The molecule has 0 spiro atoms. The first-order chi connectivity index (χ1) is 8.56. The van der Waals surface area contributed by atoms with Gasteiger partial charge >= 0.3 is 0 Å². The Morgan fingerprint density at radius 2 is 2.17 bits per heavy atom. The fourth-order valence-electron chi connectivity index (χ4n) is 2.55. The molecule has 18 heavy (non-hydrogen) atoms. The predicted octanol–water partition coefficient (Wildman–Crippen LogP) is 3.15. The van der Waals surface area contributed by atoms with Crippen LogP contribution < -0.4 is 0 Å². The zero-order valence-electron chi connectivity index (χ0n) is 11.6. The fourth-order valence-corrected chi connectivity index (χ4v) is 2.55. The average Bonchev–Trinajstić information content (AvgIpc) is 2.45. The number of phenols is 1. The van der Waals surface area contributed by atoms with E-state index in [1.54, 1.807) is 6.07 Å². The highest BCUT2D eigenvalue weighted by Crippen LogP contribution is 2.23. The van der Waals surface area contributed by atoms with Crippen LogP contribution in [0, 0.1) is 0 Å². The number of nitrogens with zero attached hydrogens (tertiary/aromatic N) is 1. The minimum absolute atomic E-state index is 0.388. The molecule has 0 aromatic heterocycles. The Morgan fingerprint density at radius 1 is 1.39 bits per heavy atom. The molecule has 0 bridgehead atoms. The van der Waals surface area contributed by atoms with Crippen molar-refractivity contribution in [1.29, 1.82) is 0 Å². The molecule has 0 amide bonds. The smallest absolute Gasteiger partial charge is 0.115 e. The summed E-state index contributed by atoms with van der Waals surface area (Å²) in [5, 5.41) is 9.59. The highest BCUT2D eigenvalue weighted by Gasteiger charge is 2.19. The lowest BCUT2D eigenvalue weighted by Crippen LogP contribution is -2.34. The van der Waals surface area contributed by atoms with Crippen molar-refractivity contribution in [3.8, 4) is 5.75 Å². The molecule has 1 aliphatic rings. The monoisotopic (exact) mass is 245 g/mol. The van der Waals surface area contributed by atoms with Gasteiger partial charge in [-0.3, -0.25) is 4.90 Å². The van der Waals surface area contributed by atoms with Gasteiger partial charge in [0.2, 0.25) is 0 Å². The summed E-state index contributed by atoms with van der Waals surface area (Å²) < 4.78 is 0. The number of phenolic OH excluding ortho intramolecular Hbond substituents is 1. The summed E-state index contributed by atoms with van der Waals surface area (Å²) in [4.78, 5) is 2.52. The van der Waals surface area contributed by atoms with Crippen LogP contribution >= 0.6 is 0 Å². The molecule has 0 saturated carbocycles. The molecule has 2 heteroatoms. The Hall–Kier alpha value is -1.28. The maximum absolute atomic E-state index is 9.59. The SMILES string of the molecule is CC(C)=CCN1CCc2ccc(O)cc2CC1C. The standard InChI is InChI=1S/C16H23NO/c1-12(2)6-8-17-9-7-14-4-5-16(18)11-15(14)10-13(17)3/h4-6,11,13,18H,7-10H2,1-3H3. The molecule has 1 aromatic carbocycles. The van der Waals surface area contributed by atoms with Crippen molar-refractivity contribution in [2.24, 2.45) is 0 Å². The molecule has 0 aliphatic carbocycles. The Bertz CT molecular complexity index is 446. The van der Waals surface area contributed by atoms with Crippen LogP contribution in [0.1, 0.15) is 31.9 Å². The first kappa shape index (κ1) is 13.2. The lowest BCUT2D eigenvalue weighted by Gasteiger charge is -2.25. The highest BCUT2D eigenvalue weighted by atomic mass is 16.3. The van der Waals surface area contributed by atoms with Gasteiger partial charge in [-0.05, 0) is 56.9 Å². The van der Waals surface area contributed by atoms with E-state index in [4.69, 9.17) is 0 Å². The van der Waals surface area contributed by atoms with Gasteiger partial charge in [0, 0.05) is 19.1 Å². The topological polar surface area (TPSA) is 23.5 Å². The maximum atomic E-state index is 9.59. The molecule has 2 rings (SSSR count). The summed E-state index contributed by atoms with van der Waals surface area (Å²) >= 11 is 0. The van der Waals surface area contributed by atoms with E-state index in [-0.39, 0.29) is 0 Å². The van der Waals surface area contributed by atoms with Crippen molar-refractivity contribution in [2.75, 3.05) is 13.1 Å². The maximum Gasteiger partial charge on any atom is 0.115 e. The Morgan fingerprint density at radius 3 is 2.89 bits per heavy atom. The largest absolute Gasteiger partial charge is 0.508 e. The molecule has 2 nitrogen and oxygen atoms in total. The van der Waals surface area contributed by atoms with E-state index in [0.717, 1.165) is 25.9 Å². The lowest BCUT2D eigenvalue weighted by atomic mass is 10.0. The molecule has 98 valence electrons. The van der Waals surface area contributed by atoms with Crippen LogP contribution in [0.5, 0.6) is 5.75 Å². The normalized spacial score (nSPS) is 20.1. The van der Waals surface area contributed by atoms with Gasteiger partial charge in [0.05, 0.1) is 0 Å². The van der Waals surface area contributed by atoms with Gasteiger partial charge in [-0.15, -0.1) is 0 Å². The number of fused-ring (bicyclic) bond motifs is 1. The van der Waals surface area contributed by atoms with E-state index >= 15 is 0 Å². The van der Waals surface area contributed by atoms with Gasteiger partial charge < -0.3 is 5.11 Å². The second-order valence-electron chi connectivity index (χ2n) is 5.53. The van der Waals surface area contributed by atoms with Gasteiger partial charge in [0.25, 0.3) is 0 Å². The molecule has 0 radical (unpaired) electrons. The van der Waals surface area contributed by atoms with Crippen molar-refractivity contribution in [3.63, 3.8) is 0 Å². The second kappa shape index (κ2) is 5.57. The Balaban J connectivity index is 2.13. The van der Waals surface area contributed by atoms with Gasteiger partial charge in [-0.25, -0.2) is 0 Å². The van der Waals surface area contributed by atoms with Crippen molar-refractivity contribution in [1.82, 2.24) is 4.90 Å². The van der Waals surface area contributed by atoms with E-state index in [2.05, 4.69) is 37.8 Å². The van der Waals surface area contributed by atoms with Gasteiger partial charge in [-0.2, -0.15) is 0 Å². The summed E-state index contributed by atoms with van der Waals surface area (Å²) in [6.07, 6.45) is 4.40. The van der Waals surface area contributed by atoms with Crippen LogP contribution in [0.2, 0.25) is 0 Å². The molecule has 1 N–H and O–H groups in total. The van der Waals surface area contributed by atoms with E-state index in [1.807, 2.05) is 6.07 Å². The summed E-state index contributed by atoms with van der Waals surface area (Å²) in [7, 11) is 0. The third-order valence-corrected chi connectivity index (χ3v) is 3.73. The average molecular weight is 245 g/mol. The van der Waals surface area contributed by atoms with E-state index < -0.39 is 0 Å². The molecule has 0 saturated heterocycles. The molecule has 1 unspecified atom stereocenters. The molecule has 0 fully saturated rings. The minimum Gasteiger partial charge on any atom is -0.508 e. The van der Waals surface area contributed by atoms with Gasteiger partial charge in [-0.1, -0.05) is 17.7 Å². The second-order valence-corrected chi connectivity index (χ2v) is 5.53. The van der Waals surface area contributed by atoms with E-state index in [1.165, 1.54) is 16.7 Å². The predicted molar refractivity (Wildman–Crippen MR) is 76.0 cm³/mol. The number of rotatable bonds is 2. The first-order valence-electron chi connectivity index (χ1n) is 6.74. The van der Waals surface area contributed by atoms with Crippen LogP contribution in [0.15, 0.2) is 29.8 Å². The van der Waals surface area contributed by atoms with E-state index in [9.17, 15) is 5.11 Å². The van der Waals surface area contributed by atoms with Crippen LogP contribution in [0.3, 0.4) is 0 Å². The number of aromatic hydroxyl groups is 1. The summed E-state index contributed by atoms with van der Waals surface area (Å²) in [6.45, 7) is 8.70. The van der Waals surface area contributed by atoms with Crippen molar-refractivity contribution >= 4 is 0 Å². The molecule has 1 aromatic rings. The third-order valence-electron chi connectivity index (χ3n) is 3.73. The molecule has 1 heterocycles. The lowest BCUT2D eigenvalue weighted by molar-refractivity contribution is 0.240. The quantitative estimate of drug-likeness (QED) is 0.809. The first-order valence-corrected chi connectivity index (χ1v) is 6.74. The van der Waals surface area contributed by atoms with Crippen LogP contribution in [-0.2, 0) is 12.8 Å². The van der Waals surface area contributed by atoms with Gasteiger partial charge in [0.15, 0.2) is 0 Å². The third kappa shape index (κ3) is 3.14. The summed E-state index contributed by atoms with van der Waals surface area (Å²) in [5.74, 6) is 0.388. The molecular weight excluding hydrogens is 222 g/mol. The number of allylic oxidation sites excluding steroid dienone is 1. The molecular formula is C16H23NO. The zero-order chi connectivity index (χ0) is 13.1. The van der Waals surface area contributed by atoms with Crippen molar-refractivity contribution in [3.05, 3.63) is 41.0 Å². The van der Waals surface area contributed by atoms with Crippen molar-refractivity contribution < 1.29 is 5.11 Å². The Labute approximate surface area is 110 Å². The van der Waals surface area contributed by atoms with Gasteiger partial charge in [0.1, 0.15) is 5.75 Å². The van der Waals surface area contributed by atoms with Crippen molar-refractivity contribution in [2.45, 2.75) is 39.7 Å². The molecule has 1 atom stereocenters. The zero-order valence-corrected chi connectivity index (χ0v) is 11.6. The molecule has 1 aliphatic heterocycles. The fraction of sp³-hybridized carbons (Fsp3) is 0.500. The number of benzene rings is 1. The number of hydrogen-bond donors (Lipinski definition) is 1.